The van der Waals surface area contributed by atoms with E-state index in [9.17, 15) is 14.9 Å². The molecule has 0 spiro atoms. The van der Waals surface area contributed by atoms with Crippen LogP contribution in [-0.4, -0.2) is 21.3 Å². The molecule has 1 heterocycles. The third kappa shape index (κ3) is 2.26. The van der Waals surface area contributed by atoms with Crippen LogP contribution in [0, 0.1) is 10.1 Å². The van der Waals surface area contributed by atoms with Crippen molar-refractivity contribution in [3.8, 4) is 17.1 Å². The molecule has 0 saturated carbocycles. The summed E-state index contributed by atoms with van der Waals surface area (Å²) < 4.78 is 9.34. The van der Waals surface area contributed by atoms with Crippen LogP contribution in [0.1, 0.15) is 0 Å². The number of carboxylic acid groups (broad SMARTS) is 1. The van der Waals surface area contributed by atoms with E-state index in [1.165, 1.54) is 18.3 Å². The number of nitro groups is 1. The van der Waals surface area contributed by atoms with E-state index in [-0.39, 0.29) is 22.8 Å². The molecule has 92 valence electrons. The van der Waals surface area contributed by atoms with E-state index < -0.39 is 11.1 Å². The molecule has 0 amide bonds. The average molecular weight is 250 g/mol. The first-order chi connectivity index (χ1) is 8.58. The number of non-ortho nitro benzene ring substituents is 1. The lowest BCUT2D eigenvalue weighted by Gasteiger charge is -2.04. The van der Waals surface area contributed by atoms with Crippen molar-refractivity contribution in [3.05, 3.63) is 40.6 Å². The predicted octanol–water partition coefficient (Wildman–Crippen LogP) is 2.31. The molecule has 0 aliphatic heterocycles. The Morgan fingerprint density at radius 3 is 2.78 bits per heavy atom. The molecule has 1 aromatic heterocycles. The zero-order chi connectivity index (χ0) is 13.1. The van der Waals surface area contributed by atoms with Gasteiger partial charge in [0.2, 0.25) is 0 Å². The van der Waals surface area contributed by atoms with Gasteiger partial charge in [-0.3, -0.25) is 10.1 Å². The number of nitro benzene ring substituents is 1. The van der Waals surface area contributed by atoms with Crippen molar-refractivity contribution in [2.24, 2.45) is 0 Å². The number of hydrogen-bond acceptors (Lipinski definition) is 6. The highest BCUT2D eigenvalue weighted by Crippen LogP contribution is 2.33. The Balaban J connectivity index is 2.53. The summed E-state index contributed by atoms with van der Waals surface area (Å²) in [4.78, 5) is 20.6. The molecule has 2 aromatic rings. The fourth-order valence-corrected chi connectivity index (χ4v) is 1.36. The normalized spacial score (nSPS) is 10.0. The van der Waals surface area contributed by atoms with Gasteiger partial charge in [-0.05, 0) is 6.07 Å². The molecule has 0 saturated heterocycles. The van der Waals surface area contributed by atoms with Crippen molar-refractivity contribution in [1.29, 1.82) is 0 Å². The van der Waals surface area contributed by atoms with Crippen LogP contribution in [0.25, 0.3) is 11.3 Å². The lowest BCUT2D eigenvalue weighted by atomic mass is 10.1. The summed E-state index contributed by atoms with van der Waals surface area (Å²) >= 11 is 0. The molecule has 1 N–H and O–H groups in total. The average Bonchev–Trinajstić information content (AvgIpc) is 2.81. The Kier molecular flexibility index (Phi) is 2.92. The molecule has 8 heteroatoms. The molecule has 0 fully saturated rings. The monoisotopic (exact) mass is 250 g/mol. The van der Waals surface area contributed by atoms with Gasteiger partial charge in [-0.25, -0.2) is 4.79 Å². The van der Waals surface area contributed by atoms with Gasteiger partial charge >= 0.3 is 6.16 Å². The third-order valence-electron chi connectivity index (χ3n) is 2.07. The molecule has 2 rings (SSSR count). The SMILES string of the molecule is O=C(O)Oc1ccc([N+](=O)[O-])cc1-c1ccno1. The highest BCUT2D eigenvalue weighted by molar-refractivity contribution is 5.73. The number of benzene rings is 1. The van der Waals surface area contributed by atoms with Gasteiger partial charge in [0, 0.05) is 18.2 Å². The highest BCUT2D eigenvalue weighted by Gasteiger charge is 2.17. The summed E-state index contributed by atoms with van der Waals surface area (Å²) in [5.41, 5.74) is -0.0664. The van der Waals surface area contributed by atoms with Gasteiger partial charge < -0.3 is 14.4 Å². The number of ether oxygens (including phenoxy) is 1. The minimum Gasteiger partial charge on any atom is -0.449 e. The summed E-state index contributed by atoms with van der Waals surface area (Å²) in [7, 11) is 0. The molecule has 0 aliphatic rings. The van der Waals surface area contributed by atoms with E-state index >= 15 is 0 Å². The van der Waals surface area contributed by atoms with Gasteiger partial charge in [0.15, 0.2) is 5.76 Å². The van der Waals surface area contributed by atoms with Gasteiger partial charge in [-0.15, -0.1) is 0 Å². The first-order valence-electron chi connectivity index (χ1n) is 4.68. The molecule has 8 nitrogen and oxygen atoms in total. The second-order valence-electron chi connectivity index (χ2n) is 3.18. The Bertz CT molecular complexity index is 592. The number of nitrogens with zero attached hydrogens (tertiary/aromatic N) is 2. The third-order valence-corrected chi connectivity index (χ3v) is 2.07. The first kappa shape index (κ1) is 11.6. The van der Waals surface area contributed by atoms with Gasteiger partial charge in [-0.1, -0.05) is 5.16 Å². The van der Waals surface area contributed by atoms with Crippen molar-refractivity contribution in [1.82, 2.24) is 5.16 Å². The minimum atomic E-state index is -1.52. The summed E-state index contributed by atoms with van der Waals surface area (Å²) in [5, 5.41) is 22.7. The van der Waals surface area contributed by atoms with Crippen molar-refractivity contribution in [2.45, 2.75) is 0 Å². The van der Waals surface area contributed by atoms with E-state index in [0.29, 0.717) is 0 Å². The quantitative estimate of drug-likeness (QED) is 0.384. The molecule has 0 aliphatic carbocycles. The predicted molar refractivity (Wildman–Crippen MR) is 57.2 cm³/mol. The van der Waals surface area contributed by atoms with Crippen LogP contribution in [0.4, 0.5) is 10.5 Å². The Morgan fingerprint density at radius 2 is 2.22 bits per heavy atom. The number of hydrogen-bond donors (Lipinski definition) is 1. The van der Waals surface area contributed by atoms with Gasteiger partial charge in [0.1, 0.15) is 5.75 Å². The molecule has 0 bridgehead atoms. The van der Waals surface area contributed by atoms with Crippen LogP contribution >= 0.6 is 0 Å². The maximum Gasteiger partial charge on any atom is 0.511 e. The second-order valence-corrected chi connectivity index (χ2v) is 3.18. The maximum absolute atomic E-state index is 10.7. The Hall–Kier alpha value is -2.90. The second kappa shape index (κ2) is 4.53. The number of aromatic nitrogens is 1. The van der Waals surface area contributed by atoms with E-state index in [1.54, 1.807) is 0 Å². The van der Waals surface area contributed by atoms with E-state index in [1.807, 2.05) is 0 Å². The van der Waals surface area contributed by atoms with Gasteiger partial charge in [0.05, 0.1) is 16.7 Å². The summed E-state index contributed by atoms with van der Waals surface area (Å²) in [5.74, 6) is 0.111. The van der Waals surface area contributed by atoms with Crippen LogP contribution < -0.4 is 4.74 Å². The molecule has 0 atom stereocenters. The number of carbonyl (C=O) groups is 1. The van der Waals surface area contributed by atoms with E-state index in [0.717, 1.165) is 12.1 Å². The minimum absolute atomic E-state index is 0.0650. The summed E-state index contributed by atoms with van der Waals surface area (Å²) in [6.07, 6.45) is -0.191. The van der Waals surface area contributed by atoms with Crippen LogP contribution in [0.2, 0.25) is 0 Å². The van der Waals surface area contributed by atoms with Gasteiger partial charge in [-0.2, -0.15) is 0 Å². The molecule has 0 radical (unpaired) electrons. The molecular weight excluding hydrogens is 244 g/mol. The first-order valence-corrected chi connectivity index (χ1v) is 4.68. The largest absolute Gasteiger partial charge is 0.511 e. The molecule has 0 unspecified atom stereocenters. The fourth-order valence-electron chi connectivity index (χ4n) is 1.36. The zero-order valence-electron chi connectivity index (χ0n) is 8.77. The van der Waals surface area contributed by atoms with E-state index in [2.05, 4.69) is 9.89 Å². The van der Waals surface area contributed by atoms with Crippen LogP contribution in [0.15, 0.2) is 35.0 Å². The maximum atomic E-state index is 10.7. The summed E-state index contributed by atoms with van der Waals surface area (Å²) in [6, 6.07) is 4.91. The summed E-state index contributed by atoms with van der Waals surface area (Å²) in [6.45, 7) is 0. The topological polar surface area (TPSA) is 116 Å². The van der Waals surface area contributed by atoms with Crippen molar-refractivity contribution in [3.63, 3.8) is 0 Å². The highest BCUT2D eigenvalue weighted by atomic mass is 16.7. The van der Waals surface area contributed by atoms with Gasteiger partial charge in [0.25, 0.3) is 5.69 Å². The fraction of sp³-hybridized carbons (Fsp3) is 0. The molecule has 1 aromatic carbocycles. The van der Waals surface area contributed by atoms with Crippen molar-refractivity contribution >= 4 is 11.8 Å². The standard InChI is InChI=1S/C10H6N2O6/c13-10(14)17-8-2-1-6(12(15)16)5-7(8)9-3-4-11-18-9/h1-5H,(H,13,14). The van der Waals surface area contributed by atoms with Crippen LogP contribution in [0.5, 0.6) is 5.75 Å². The van der Waals surface area contributed by atoms with Crippen molar-refractivity contribution < 1.29 is 24.1 Å². The van der Waals surface area contributed by atoms with Crippen LogP contribution in [0.3, 0.4) is 0 Å². The molecule has 18 heavy (non-hydrogen) atoms. The van der Waals surface area contributed by atoms with E-state index in [4.69, 9.17) is 9.63 Å². The van der Waals surface area contributed by atoms with Crippen molar-refractivity contribution in [2.75, 3.05) is 0 Å². The smallest absolute Gasteiger partial charge is 0.449 e. The van der Waals surface area contributed by atoms with Crippen LogP contribution in [-0.2, 0) is 0 Å². The lowest BCUT2D eigenvalue weighted by Crippen LogP contribution is -2.04. The Morgan fingerprint density at radius 1 is 1.44 bits per heavy atom. The lowest BCUT2D eigenvalue weighted by molar-refractivity contribution is -0.384. The Labute approximate surface area is 99.5 Å². The number of rotatable bonds is 3. The molecular formula is C10H6N2O6. The zero-order valence-corrected chi connectivity index (χ0v) is 8.77.